The standard InChI is InChI=1S/C14H20FN/c1-4-16-14-9(2)13(10(14)3)11-6-5-7-12(15)8-11/h5-10,13-14,16H,4H2,1-3H3. The smallest absolute Gasteiger partial charge is 0.123 e. The second kappa shape index (κ2) is 4.54. The number of rotatable bonds is 3. The molecule has 2 atom stereocenters. The third kappa shape index (κ3) is 1.86. The molecule has 2 unspecified atom stereocenters. The van der Waals surface area contributed by atoms with Gasteiger partial charge >= 0.3 is 0 Å². The van der Waals surface area contributed by atoms with Crippen molar-refractivity contribution in [1.82, 2.24) is 5.32 Å². The van der Waals surface area contributed by atoms with Gasteiger partial charge in [0.05, 0.1) is 0 Å². The van der Waals surface area contributed by atoms with E-state index >= 15 is 0 Å². The fraction of sp³-hybridized carbons (Fsp3) is 0.571. The minimum atomic E-state index is -0.121. The van der Waals surface area contributed by atoms with E-state index in [2.05, 4.69) is 26.1 Å². The second-order valence-corrected chi connectivity index (χ2v) is 4.88. The van der Waals surface area contributed by atoms with Gasteiger partial charge in [-0.2, -0.15) is 0 Å². The number of hydrogen-bond donors (Lipinski definition) is 1. The number of nitrogens with one attached hydrogen (secondary N) is 1. The van der Waals surface area contributed by atoms with Crippen LogP contribution in [0.4, 0.5) is 4.39 Å². The molecule has 0 aliphatic heterocycles. The molecule has 1 N–H and O–H groups in total. The van der Waals surface area contributed by atoms with E-state index in [4.69, 9.17) is 0 Å². The van der Waals surface area contributed by atoms with E-state index in [0.717, 1.165) is 12.1 Å². The van der Waals surface area contributed by atoms with E-state index in [-0.39, 0.29) is 5.82 Å². The van der Waals surface area contributed by atoms with Crippen LogP contribution in [0.5, 0.6) is 0 Å². The lowest BCUT2D eigenvalue weighted by atomic mass is 9.59. The van der Waals surface area contributed by atoms with Crippen LogP contribution >= 0.6 is 0 Å². The Kier molecular flexibility index (Phi) is 3.29. The molecule has 1 fully saturated rings. The maximum Gasteiger partial charge on any atom is 0.123 e. The van der Waals surface area contributed by atoms with Crippen molar-refractivity contribution in [2.24, 2.45) is 11.8 Å². The molecule has 0 radical (unpaired) electrons. The van der Waals surface area contributed by atoms with Crippen LogP contribution in [0.1, 0.15) is 32.3 Å². The molecule has 0 heterocycles. The van der Waals surface area contributed by atoms with E-state index in [1.54, 1.807) is 6.07 Å². The van der Waals surface area contributed by atoms with E-state index in [1.165, 1.54) is 6.07 Å². The Balaban J connectivity index is 2.13. The van der Waals surface area contributed by atoms with Gasteiger partial charge in [-0.3, -0.25) is 0 Å². The number of hydrogen-bond acceptors (Lipinski definition) is 1. The quantitative estimate of drug-likeness (QED) is 0.826. The highest BCUT2D eigenvalue weighted by Gasteiger charge is 2.44. The molecule has 88 valence electrons. The normalized spacial score (nSPS) is 33.5. The summed E-state index contributed by atoms with van der Waals surface area (Å²) in [5.74, 6) is 1.57. The summed E-state index contributed by atoms with van der Waals surface area (Å²) in [6.07, 6.45) is 0. The number of benzene rings is 1. The minimum absolute atomic E-state index is 0.121. The van der Waals surface area contributed by atoms with E-state index in [0.29, 0.717) is 23.8 Å². The maximum atomic E-state index is 13.2. The van der Waals surface area contributed by atoms with Crippen LogP contribution in [0.3, 0.4) is 0 Å². The molecular weight excluding hydrogens is 201 g/mol. The van der Waals surface area contributed by atoms with Crippen molar-refractivity contribution in [2.75, 3.05) is 6.54 Å². The first kappa shape index (κ1) is 11.6. The molecule has 0 spiro atoms. The van der Waals surface area contributed by atoms with Gasteiger partial charge in [0.15, 0.2) is 0 Å². The van der Waals surface area contributed by atoms with Crippen molar-refractivity contribution in [3.8, 4) is 0 Å². The average Bonchev–Trinajstić information content (AvgIpc) is 2.26. The predicted molar refractivity (Wildman–Crippen MR) is 64.9 cm³/mol. The van der Waals surface area contributed by atoms with Gasteiger partial charge in [-0.1, -0.05) is 32.9 Å². The first-order chi connectivity index (χ1) is 7.65. The fourth-order valence-corrected chi connectivity index (χ4v) is 3.19. The molecule has 0 saturated heterocycles. The largest absolute Gasteiger partial charge is 0.314 e. The topological polar surface area (TPSA) is 12.0 Å². The van der Waals surface area contributed by atoms with Crippen LogP contribution in [0.2, 0.25) is 0 Å². The van der Waals surface area contributed by atoms with Crippen LogP contribution in [-0.4, -0.2) is 12.6 Å². The zero-order valence-corrected chi connectivity index (χ0v) is 10.2. The second-order valence-electron chi connectivity index (χ2n) is 4.88. The molecule has 1 saturated carbocycles. The Morgan fingerprint density at radius 1 is 1.25 bits per heavy atom. The molecule has 1 nitrogen and oxygen atoms in total. The van der Waals surface area contributed by atoms with Crippen molar-refractivity contribution in [3.05, 3.63) is 35.6 Å². The molecule has 0 amide bonds. The van der Waals surface area contributed by atoms with Gasteiger partial charge in [-0.25, -0.2) is 4.39 Å². The first-order valence-corrected chi connectivity index (χ1v) is 6.14. The van der Waals surface area contributed by atoms with Gasteiger partial charge in [0.25, 0.3) is 0 Å². The Labute approximate surface area is 97.1 Å². The lowest BCUT2D eigenvalue weighted by molar-refractivity contribution is 0.0980. The van der Waals surface area contributed by atoms with E-state index in [9.17, 15) is 4.39 Å². The van der Waals surface area contributed by atoms with Gasteiger partial charge in [-0.05, 0) is 42.0 Å². The van der Waals surface area contributed by atoms with Gasteiger partial charge < -0.3 is 5.32 Å². The van der Waals surface area contributed by atoms with Crippen molar-refractivity contribution in [2.45, 2.75) is 32.7 Å². The SMILES string of the molecule is CCNC1C(C)C(c2cccc(F)c2)C1C. The number of halogens is 1. The Morgan fingerprint density at radius 3 is 2.50 bits per heavy atom. The van der Waals surface area contributed by atoms with E-state index < -0.39 is 0 Å². The van der Waals surface area contributed by atoms with Crippen LogP contribution in [0, 0.1) is 17.7 Å². The maximum absolute atomic E-state index is 13.2. The van der Waals surface area contributed by atoms with Crippen LogP contribution in [-0.2, 0) is 0 Å². The highest BCUT2D eigenvalue weighted by atomic mass is 19.1. The average molecular weight is 221 g/mol. The third-order valence-electron chi connectivity index (χ3n) is 3.94. The molecule has 0 bridgehead atoms. The molecule has 16 heavy (non-hydrogen) atoms. The fourth-order valence-electron chi connectivity index (χ4n) is 3.19. The lowest BCUT2D eigenvalue weighted by Crippen LogP contribution is -2.54. The summed E-state index contributed by atoms with van der Waals surface area (Å²) in [6, 6.07) is 7.63. The predicted octanol–water partition coefficient (Wildman–Crippen LogP) is 3.17. The molecule has 2 rings (SSSR count). The van der Waals surface area contributed by atoms with Crippen LogP contribution in [0.15, 0.2) is 24.3 Å². The zero-order chi connectivity index (χ0) is 11.7. The highest BCUT2D eigenvalue weighted by molar-refractivity contribution is 5.26. The van der Waals surface area contributed by atoms with Crippen molar-refractivity contribution < 1.29 is 4.39 Å². The Bertz CT molecular complexity index is 354. The zero-order valence-electron chi connectivity index (χ0n) is 10.2. The van der Waals surface area contributed by atoms with Gasteiger partial charge in [0.2, 0.25) is 0 Å². The summed E-state index contributed by atoms with van der Waals surface area (Å²) in [6.45, 7) is 7.65. The first-order valence-electron chi connectivity index (χ1n) is 6.14. The molecular formula is C14H20FN. The van der Waals surface area contributed by atoms with Crippen molar-refractivity contribution in [1.29, 1.82) is 0 Å². The van der Waals surface area contributed by atoms with E-state index in [1.807, 2.05) is 12.1 Å². The summed E-state index contributed by atoms with van der Waals surface area (Å²) >= 11 is 0. The lowest BCUT2D eigenvalue weighted by Gasteiger charge is -2.50. The summed E-state index contributed by atoms with van der Waals surface area (Å²) in [7, 11) is 0. The summed E-state index contributed by atoms with van der Waals surface area (Å²) in [5.41, 5.74) is 1.15. The van der Waals surface area contributed by atoms with Gasteiger partial charge in [0.1, 0.15) is 5.82 Å². The Morgan fingerprint density at radius 2 is 1.94 bits per heavy atom. The summed E-state index contributed by atoms with van der Waals surface area (Å²) in [4.78, 5) is 0. The van der Waals surface area contributed by atoms with Crippen LogP contribution in [0.25, 0.3) is 0 Å². The Hall–Kier alpha value is -0.890. The molecule has 1 aliphatic rings. The highest BCUT2D eigenvalue weighted by Crippen LogP contribution is 2.47. The summed E-state index contributed by atoms with van der Waals surface area (Å²) in [5, 5.41) is 3.50. The van der Waals surface area contributed by atoms with Crippen molar-refractivity contribution >= 4 is 0 Å². The molecule has 2 heteroatoms. The third-order valence-corrected chi connectivity index (χ3v) is 3.94. The van der Waals surface area contributed by atoms with Crippen molar-refractivity contribution in [3.63, 3.8) is 0 Å². The molecule has 1 aliphatic carbocycles. The molecule has 1 aromatic rings. The molecule has 1 aromatic carbocycles. The van der Waals surface area contributed by atoms with Gasteiger partial charge in [0, 0.05) is 6.04 Å². The summed E-state index contributed by atoms with van der Waals surface area (Å²) < 4.78 is 13.2. The molecule has 0 aromatic heterocycles. The monoisotopic (exact) mass is 221 g/mol. The van der Waals surface area contributed by atoms with Crippen LogP contribution < -0.4 is 5.32 Å². The minimum Gasteiger partial charge on any atom is -0.314 e. The van der Waals surface area contributed by atoms with Gasteiger partial charge in [-0.15, -0.1) is 0 Å².